The van der Waals surface area contributed by atoms with Crippen LogP contribution in [0.4, 0.5) is 0 Å². The summed E-state index contributed by atoms with van der Waals surface area (Å²) in [6, 6.07) is 0.410. The van der Waals surface area contributed by atoms with Gasteiger partial charge >= 0.3 is 5.97 Å². The highest BCUT2D eigenvalue weighted by molar-refractivity contribution is 5.69. The van der Waals surface area contributed by atoms with Crippen LogP contribution < -0.4 is 0 Å². The predicted octanol–water partition coefficient (Wildman–Crippen LogP) is -0.0756. The molecule has 94 valence electrons. The Morgan fingerprint density at radius 3 is 2.94 bits per heavy atom. The van der Waals surface area contributed by atoms with Crippen molar-refractivity contribution in [2.24, 2.45) is 0 Å². The van der Waals surface area contributed by atoms with Crippen molar-refractivity contribution < 1.29 is 15.0 Å². The highest BCUT2D eigenvalue weighted by atomic mass is 16.4. The van der Waals surface area contributed by atoms with Crippen molar-refractivity contribution in [1.29, 1.82) is 0 Å². The Hall–Kier alpha value is -1.40. The molecule has 0 atom stereocenters. The molecule has 0 spiro atoms. The van der Waals surface area contributed by atoms with Gasteiger partial charge in [-0.15, -0.1) is 0 Å². The van der Waals surface area contributed by atoms with Gasteiger partial charge in [-0.1, -0.05) is 0 Å². The van der Waals surface area contributed by atoms with Crippen molar-refractivity contribution >= 4 is 5.97 Å². The maximum Gasteiger partial charge on any atom is 0.317 e. The normalized spacial score (nSPS) is 15.4. The molecule has 1 aliphatic carbocycles. The van der Waals surface area contributed by atoms with Gasteiger partial charge in [-0.25, -0.2) is 0 Å². The van der Waals surface area contributed by atoms with Crippen molar-refractivity contribution in [1.82, 2.24) is 14.7 Å². The Kier molecular flexibility index (Phi) is 3.75. The number of aliphatic hydroxyl groups is 1. The van der Waals surface area contributed by atoms with Crippen LogP contribution >= 0.6 is 0 Å². The highest BCUT2D eigenvalue weighted by Crippen LogP contribution is 2.27. The van der Waals surface area contributed by atoms with Gasteiger partial charge in [-0.2, -0.15) is 5.10 Å². The Balaban J connectivity index is 1.93. The zero-order valence-corrected chi connectivity index (χ0v) is 9.62. The molecule has 1 aliphatic rings. The molecule has 2 N–H and O–H groups in total. The van der Waals surface area contributed by atoms with Crippen LogP contribution in [-0.4, -0.2) is 50.1 Å². The molecule has 1 aromatic heterocycles. The Morgan fingerprint density at radius 1 is 1.59 bits per heavy atom. The molecule has 2 rings (SSSR count). The van der Waals surface area contributed by atoms with Crippen LogP contribution in [0.5, 0.6) is 0 Å². The van der Waals surface area contributed by atoms with Gasteiger partial charge in [0, 0.05) is 24.3 Å². The maximum atomic E-state index is 10.7. The van der Waals surface area contributed by atoms with E-state index in [2.05, 4.69) is 5.10 Å². The van der Waals surface area contributed by atoms with E-state index in [9.17, 15) is 4.79 Å². The van der Waals surface area contributed by atoms with Gasteiger partial charge in [-0.3, -0.25) is 14.4 Å². The Bertz CT molecular complexity index is 387. The fourth-order valence-electron chi connectivity index (χ4n) is 1.87. The van der Waals surface area contributed by atoms with Crippen LogP contribution in [0.2, 0.25) is 0 Å². The lowest BCUT2D eigenvalue weighted by atomic mass is 10.3. The van der Waals surface area contributed by atoms with Crippen LogP contribution in [0.3, 0.4) is 0 Å². The second-order valence-electron chi connectivity index (χ2n) is 4.37. The van der Waals surface area contributed by atoms with Gasteiger partial charge < -0.3 is 10.2 Å². The lowest BCUT2D eigenvalue weighted by molar-refractivity contribution is -0.138. The van der Waals surface area contributed by atoms with Crippen LogP contribution in [0.15, 0.2) is 12.4 Å². The first-order chi connectivity index (χ1) is 8.19. The van der Waals surface area contributed by atoms with E-state index in [1.165, 1.54) is 0 Å². The number of carboxylic acid groups (broad SMARTS) is 1. The van der Waals surface area contributed by atoms with Crippen molar-refractivity contribution in [3.05, 3.63) is 18.0 Å². The third-order valence-electron chi connectivity index (χ3n) is 2.80. The van der Waals surface area contributed by atoms with Crippen LogP contribution in [0, 0.1) is 0 Å². The van der Waals surface area contributed by atoms with Crippen LogP contribution in [0.1, 0.15) is 18.4 Å². The number of aliphatic carboxylic acids is 1. The van der Waals surface area contributed by atoms with E-state index in [1.807, 2.05) is 11.1 Å². The average Bonchev–Trinajstić information content (AvgIpc) is 3.01. The summed E-state index contributed by atoms with van der Waals surface area (Å²) in [6.45, 7) is 1.23. The van der Waals surface area contributed by atoms with Gasteiger partial charge in [-0.05, 0) is 12.8 Å². The number of rotatable bonds is 7. The zero-order chi connectivity index (χ0) is 12.3. The van der Waals surface area contributed by atoms with E-state index < -0.39 is 5.97 Å². The Morgan fingerprint density at radius 2 is 2.35 bits per heavy atom. The summed E-state index contributed by atoms with van der Waals surface area (Å²) in [5, 5.41) is 21.7. The molecule has 1 heterocycles. The lowest BCUT2D eigenvalue weighted by Crippen LogP contribution is -2.31. The minimum absolute atomic E-state index is 0.0581. The predicted molar refractivity (Wildman–Crippen MR) is 60.4 cm³/mol. The number of carbonyl (C=O) groups is 1. The second kappa shape index (κ2) is 5.29. The van der Waals surface area contributed by atoms with E-state index in [1.54, 1.807) is 10.9 Å². The van der Waals surface area contributed by atoms with E-state index in [0.717, 1.165) is 18.4 Å². The molecule has 1 fully saturated rings. The number of hydrogen-bond donors (Lipinski definition) is 2. The standard InChI is InChI=1S/C11H17N3O3/c15-4-3-14-7-9(5-12-14)6-13(8-11(16)17)10-1-2-10/h5,7,10,15H,1-4,6,8H2,(H,16,17). The molecule has 0 aliphatic heterocycles. The zero-order valence-electron chi connectivity index (χ0n) is 9.62. The van der Waals surface area contributed by atoms with Crippen molar-refractivity contribution in [3.8, 4) is 0 Å². The quantitative estimate of drug-likeness (QED) is 0.696. The number of carboxylic acids is 1. The van der Waals surface area contributed by atoms with Gasteiger partial charge in [0.25, 0.3) is 0 Å². The molecular weight excluding hydrogens is 222 g/mol. The van der Waals surface area contributed by atoms with Crippen molar-refractivity contribution in [2.75, 3.05) is 13.2 Å². The summed E-state index contributed by atoms with van der Waals surface area (Å²) < 4.78 is 1.67. The lowest BCUT2D eigenvalue weighted by Gasteiger charge is -2.18. The summed E-state index contributed by atoms with van der Waals surface area (Å²) in [4.78, 5) is 12.7. The molecule has 0 radical (unpaired) electrons. The third-order valence-corrected chi connectivity index (χ3v) is 2.80. The minimum Gasteiger partial charge on any atom is -0.480 e. The summed E-state index contributed by atoms with van der Waals surface area (Å²) >= 11 is 0. The molecule has 0 saturated heterocycles. The van der Waals surface area contributed by atoms with Gasteiger partial charge in [0.1, 0.15) is 0 Å². The number of nitrogens with zero attached hydrogens (tertiary/aromatic N) is 3. The summed E-state index contributed by atoms with van der Waals surface area (Å²) in [5.74, 6) is -0.792. The van der Waals surface area contributed by atoms with Gasteiger partial charge in [0.2, 0.25) is 0 Å². The monoisotopic (exact) mass is 239 g/mol. The first kappa shape index (κ1) is 12.1. The molecule has 0 aromatic carbocycles. The fraction of sp³-hybridized carbons (Fsp3) is 0.636. The maximum absolute atomic E-state index is 10.7. The average molecular weight is 239 g/mol. The van der Waals surface area contributed by atoms with Gasteiger partial charge in [0.05, 0.1) is 25.9 Å². The molecule has 0 bridgehead atoms. The van der Waals surface area contributed by atoms with Crippen LogP contribution in [0.25, 0.3) is 0 Å². The van der Waals surface area contributed by atoms with E-state index in [4.69, 9.17) is 10.2 Å². The van der Waals surface area contributed by atoms with Crippen LogP contribution in [-0.2, 0) is 17.9 Å². The first-order valence-corrected chi connectivity index (χ1v) is 5.77. The highest BCUT2D eigenvalue weighted by Gasteiger charge is 2.30. The first-order valence-electron chi connectivity index (χ1n) is 5.77. The molecule has 0 amide bonds. The number of aliphatic hydroxyl groups excluding tert-OH is 1. The van der Waals surface area contributed by atoms with E-state index in [0.29, 0.717) is 19.1 Å². The SMILES string of the molecule is O=C(O)CN(Cc1cnn(CCO)c1)C1CC1. The largest absolute Gasteiger partial charge is 0.480 e. The molecular formula is C11H17N3O3. The molecule has 0 unspecified atom stereocenters. The van der Waals surface area contributed by atoms with E-state index >= 15 is 0 Å². The van der Waals surface area contributed by atoms with Gasteiger partial charge in [0.15, 0.2) is 0 Å². The minimum atomic E-state index is -0.792. The summed E-state index contributed by atoms with van der Waals surface area (Å²) in [5.41, 5.74) is 0.992. The summed E-state index contributed by atoms with van der Waals surface area (Å²) in [7, 11) is 0. The third kappa shape index (κ3) is 3.54. The molecule has 1 aromatic rings. The molecule has 6 heteroatoms. The van der Waals surface area contributed by atoms with E-state index in [-0.39, 0.29) is 13.2 Å². The smallest absolute Gasteiger partial charge is 0.317 e. The Labute approximate surface area is 99.5 Å². The number of hydrogen-bond acceptors (Lipinski definition) is 4. The van der Waals surface area contributed by atoms with Crippen molar-refractivity contribution in [2.45, 2.75) is 32.0 Å². The summed E-state index contributed by atoms with van der Waals surface area (Å²) in [6.07, 6.45) is 5.75. The fourth-order valence-corrected chi connectivity index (χ4v) is 1.87. The molecule has 17 heavy (non-hydrogen) atoms. The molecule has 6 nitrogen and oxygen atoms in total. The second-order valence-corrected chi connectivity index (χ2v) is 4.37. The van der Waals surface area contributed by atoms with Crippen molar-refractivity contribution in [3.63, 3.8) is 0 Å². The molecule has 1 saturated carbocycles. The number of aromatic nitrogens is 2. The topological polar surface area (TPSA) is 78.6 Å².